The third-order valence-electron chi connectivity index (χ3n) is 2.98. The van der Waals surface area contributed by atoms with Gasteiger partial charge in [0.1, 0.15) is 0 Å². The summed E-state index contributed by atoms with van der Waals surface area (Å²) in [7, 11) is 0. The Morgan fingerprint density at radius 3 is 2.50 bits per heavy atom. The minimum atomic E-state index is -0.834. The Bertz CT molecular complexity index is 229. The summed E-state index contributed by atoms with van der Waals surface area (Å²) in [4.78, 5) is 11.5. The molecule has 0 aromatic heterocycles. The van der Waals surface area contributed by atoms with E-state index in [1.54, 1.807) is 13.8 Å². The molecule has 2 unspecified atom stereocenters. The molecule has 1 amide bonds. The Kier molecular flexibility index (Phi) is 6.30. The highest BCUT2D eigenvalue weighted by atomic mass is 35.5. The van der Waals surface area contributed by atoms with Crippen molar-refractivity contribution in [2.24, 2.45) is 11.7 Å². The van der Waals surface area contributed by atoms with Crippen molar-refractivity contribution < 1.29 is 9.90 Å². The number of amides is 1. The third-order valence-corrected chi connectivity index (χ3v) is 2.98. The van der Waals surface area contributed by atoms with E-state index in [1.165, 1.54) is 0 Å². The molecule has 0 radical (unpaired) electrons. The number of halogens is 1. The first kappa shape index (κ1) is 15.7. The van der Waals surface area contributed by atoms with E-state index in [4.69, 9.17) is 5.73 Å². The third kappa shape index (κ3) is 4.68. The van der Waals surface area contributed by atoms with Crippen LogP contribution in [-0.2, 0) is 4.79 Å². The number of nitrogens with two attached hydrogens (primary N) is 1. The van der Waals surface area contributed by atoms with Gasteiger partial charge in [-0.1, -0.05) is 12.8 Å². The number of nitrogens with one attached hydrogen (secondary N) is 1. The van der Waals surface area contributed by atoms with Gasteiger partial charge >= 0.3 is 0 Å². The predicted octanol–water partition coefficient (Wildman–Crippen LogP) is 0.813. The first-order valence-corrected chi connectivity index (χ1v) is 5.66. The molecule has 1 rings (SSSR count). The van der Waals surface area contributed by atoms with E-state index in [2.05, 4.69) is 5.32 Å². The SMILES string of the molecule is CC(C)(N)C(=O)NCC1CCCCC1O.Cl. The summed E-state index contributed by atoms with van der Waals surface area (Å²) in [6.07, 6.45) is 3.82. The molecule has 0 saturated heterocycles. The average molecular weight is 251 g/mol. The van der Waals surface area contributed by atoms with Crippen molar-refractivity contribution in [2.45, 2.75) is 51.2 Å². The normalized spacial score (nSPS) is 25.8. The highest BCUT2D eigenvalue weighted by Crippen LogP contribution is 2.23. The van der Waals surface area contributed by atoms with Gasteiger partial charge in [-0.15, -0.1) is 12.4 Å². The first-order chi connectivity index (χ1) is 6.91. The number of aliphatic hydroxyl groups excluding tert-OH is 1. The summed E-state index contributed by atoms with van der Waals surface area (Å²) in [5, 5.41) is 12.5. The first-order valence-electron chi connectivity index (χ1n) is 5.66. The van der Waals surface area contributed by atoms with E-state index in [9.17, 15) is 9.90 Å². The zero-order valence-electron chi connectivity index (χ0n) is 10.0. The van der Waals surface area contributed by atoms with Gasteiger partial charge in [0.05, 0.1) is 11.6 Å². The fourth-order valence-corrected chi connectivity index (χ4v) is 1.88. The monoisotopic (exact) mass is 250 g/mol. The molecule has 0 aromatic rings. The lowest BCUT2D eigenvalue weighted by molar-refractivity contribution is -0.125. The number of hydrogen-bond acceptors (Lipinski definition) is 3. The maximum Gasteiger partial charge on any atom is 0.239 e. The van der Waals surface area contributed by atoms with Crippen LogP contribution in [0.15, 0.2) is 0 Å². The van der Waals surface area contributed by atoms with Crippen LogP contribution in [0, 0.1) is 5.92 Å². The van der Waals surface area contributed by atoms with E-state index >= 15 is 0 Å². The number of rotatable bonds is 3. The summed E-state index contributed by atoms with van der Waals surface area (Å²) in [5.74, 6) is 0.0466. The van der Waals surface area contributed by atoms with Crippen LogP contribution < -0.4 is 11.1 Å². The molecule has 0 bridgehead atoms. The van der Waals surface area contributed by atoms with E-state index in [1.807, 2.05) is 0 Å². The molecule has 1 aliphatic rings. The van der Waals surface area contributed by atoms with Crippen LogP contribution in [0.4, 0.5) is 0 Å². The summed E-state index contributed by atoms with van der Waals surface area (Å²) in [6.45, 7) is 3.90. The minimum Gasteiger partial charge on any atom is -0.393 e. The Morgan fingerprint density at radius 1 is 1.44 bits per heavy atom. The lowest BCUT2D eigenvalue weighted by atomic mass is 9.86. The number of aliphatic hydroxyl groups is 1. The molecule has 4 N–H and O–H groups in total. The molecule has 0 heterocycles. The molecular formula is C11H23ClN2O2. The van der Waals surface area contributed by atoms with Gasteiger partial charge in [0.2, 0.25) is 5.91 Å². The number of hydrogen-bond donors (Lipinski definition) is 3. The minimum absolute atomic E-state index is 0. The van der Waals surface area contributed by atoms with Gasteiger partial charge in [-0.25, -0.2) is 0 Å². The second-order valence-corrected chi connectivity index (χ2v) is 5.04. The molecule has 1 aliphatic carbocycles. The fourth-order valence-electron chi connectivity index (χ4n) is 1.88. The molecule has 4 nitrogen and oxygen atoms in total. The fraction of sp³-hybridized carbons (Fsp3) is 0.909. The van der Waals surface area contributed by atoms with Crippen LogP contribution in [0.25, 0.3) is 0 Å². The molecule has 1 fully saturated rings. The molecule has 0 spiro atoms. The summed E-state index contributed by atoms with van der Waals surface area (Å²) < 4.78 is 0. The highest BCUT2D eigenvalue weighted by Gasteiger charge is 2.26. The molecule has 1 saturated carbocycles. The van der Waals surface area contributed by atoms with E-state index in [0.717, 1.165) is 25.7 Å². The largest absolute Gasteiger partial charge is 0.393 e. The zero-order chi connectivity index (χ0) is 11.5. The van der Waals surface area contributed by atoms with Crippen molar-refractivity contribution in [3.63, 3.8) is 0 Å². The van der Waals surface area contributed by atoms with Crippen LogP contribution in [0.2, 0.25) is 0 Å². The summed E-state index contributed by atoms with van der Waals surface area (Å²) >= 11 is 0. The highest BCUT2D eigenvalue weighted by molar-refractivity contribution is 5.85. The Morgan fingerprint density at radius 2 is 2.00 bits per heavy atom. The molecule has 96 valence electrons. The second-order valence-electron chi connectivity index (χ2n) is 5.04. The van der Waals surface area contributed by atoms with Crippen molar-refractivity contribution in [1.82, 2.24) is 5.32 Å². The van der Waals surface area contributed by atoms with Crippen LogP contribution in [0.5, 0.6) is 0 Å². The van der Waals surface area contributed by atoms with Crippen molar-refractivity contribution in [3.05, 3.63) is 0 Å². The maximum absolute atomic E-state index is 11.5. The van der Waals surface area contributed by atoms with Gasteiger partial charge < -0.3 is 16.2 Å². The van der Waals surface area contributed by atoms with E-state index in [0.29, 0.717) is 6.54 Å². The standard InChI is InChI=1S/C11H22N2O2.ClH/c1-11(2,12)10(15)13-7-8-5-3-4-6-9(8)14;/h8-9,14H,3-7,12H2,1-2H3,(H,13,15);1H. The topological polar surface area (TPSA) is 75.4 Å². The quantitative estimate of drug-likeness (QED) is 0.694. The molecular weight excluding hydrogens is 228 g/mol. The Hall–Kier alpha value is -0.320. The number of carbonyl (C=O) groups excluding carboxylic acids is 1. The van der Waals surface area contributed by atoms with Gasteiger partial charge in [0.15, 0.2) is 0 Å². The maximum atomic E-state index is 11.5. The lowest BCUT2D eigenvalue weighted by Crippen LogP contribution is -2.51. The molecule has 2 atom stereocenters. The smallest absolute Gasteiger partial charge is 0.239 e. The van der Waals surface area contributed by atoms with E-state index in [-0.39, 0.29) is 30.3 Å². The van der Waals surface area contributed by atoms with Crippen molar-refractivity contribution in [2.75, 3.05) is 6.54 Å². The van der Waals surface area contributed by atoms with Gasteiger partial charge in [-0.2, -0.15) is 0 Å². The number of carbonyl (C=O) groups is 1. The Balaban J connectivity index is 0.00000225. The molecule has 0 aromatic carbocycles. The van der Waals surface area contributed by atoms with Gasteiger partial charge in [0.25, 0.3) is 0 Å². The molecule has 0 aliphatic heterocycles. The molecule has 5 heteroatoms. The van der Waals surface area contributed by atoms with Crippen molar-refractivity contribution >= 4 is 18.3 Å². The van der Waals surface area contributed by atoms with Crippen LogP contribution >= 0.6 is 12.4 Å². The lowest BCUT2D eigenvalue weighted by Gasteiger charge is -2.28. The average Bonchev–Trinajstić information content (AvgIpc) is 2.14. The van der Waals surface area contributed by atoms with Crippen LogP contribution in [0.1, 0.15) is 39.5 Å². The zero-order valence-corrected chi connectivity index (χ0v) is 10.8. The van der Waals surface area contributed by atoms with Crippen molar-refractivity contribution in [3.8, 4) is 0 Å². The van der Waals surface area contributed by atoms with Crippen LogP contribution in [0.3, 0.4) is 0 Å². The van der Waals surface area contributed by atoms with Gasteiger partial charge in [0, 0.05) is 12.5 Å². The van der Waals surface area contributed by atoms with E-state index < -0.39 is 5.54 Å². The van der Waals surface area contributed by atoms with Crippen molar-refractivity contribution in [1.29, 1.82) is 0 Å². The van der Waals surface area contributed by atoms with Crippen LogP contribution in [-0.4, -0.2) is 29.2 Å². The Labute approximate surface area is 103 Å². The summed E-state index contributed by atoms with van der Waals surface area (Å²) in [6, 6.07) is 0. The predicted molar refractivity (Wildman–Crippen MR) is 66.5 cm³/mol. The van der Waals surface area contributed by atoms with Gasteiger partial charge in [-0.05, 0) is 26.7 Å². The second kappa shape index (κ2) is 6.42. The summed E-state index contributed by atoms with van der Waals surface area (Å²) in [5.41, 5.74) is 4.82. The molecule has 16 heavy (non-hydrogen) atoms. The van der Waals surface area contributed by atoms with Gasteiger partial charge in [-0.3, -0.25) is 4.79 Å².